The summed E-state index contributed by atoms with van der Waals surface area (Å²) in [6.07, 6.45) is 2.58. The smallest absolute Gasteiger partial charge is 0.253 e. The fourth-order valence-electron chi connectivity index (χ4n) is 1.82. The van der Waals surface area contributed by atoms with Crippen LogP contribution in [0.25, 0.3) is 0 Å². The van der Waals surface area contributed by atoms with E-state index in [2.05, 4.69) is 31.9 Å². The fourth-order valence-corrected chi connectivity index (χ4v) is 2.76. The summed E-state index contributed by atoms with van der Waals surface area (Å²) < 4.78 is 0.715. The van der Waals surface area contributed by atoms with Crippen molar-refractivity contribution in [2.75, 3.05) is 32.1 Å². The number of nitrogens with one attached hydrogen (secondary N) is 3. The van der Waals surface area contributed by atoms with Crippen LogP contribution in [0.15, 0.2) is 28.7 Å². The Morgan fingerprint density at radius 2 is 1.96 bits per heavy atom. The lowest BCUT2D eigenvalue weighted by molar-refractivity contribution is -0.122. The molecule has 23 heavy (non-hydrogen) atoms. The van der Waals surface area contributed by atoms with Crippen molar-refractivity contribution >= 4 is 51.9 Å². The van der Waals surface area contributed by atoms with Gasteiger partial charge < -0.3 is 16.0 Å². The largest absolute Gasteiger partial charge is 0.353 e. The zero-order chi connectivity index (χ0) is 16.4. The van der Waals surface area contributed by atoms with Crippen molar-refractivity contribution in [3.63, 3.8) is 0 Å². The van der Waals surface area contributed by atoms with Gasteiger partial charge in [-0.15, -0.1) is 12.4 Å². The molecule has 0 saturated carbocycles. The predicted octanol–water partition coefficient (Wildman–Crippen LogP) is 2.06. The molecule has 2 amide bonds. The average molecular weight is 425 g/mol. The Morgan fingerprint density at radius 1 is 1.26 bits per heavy atom. The van der Waals surface area contributed by atoms with Crippen LogP contribution in [0.2, 0.25) is 0 Å². The maximum atomic E-state index is 12.3. The first-order valence-electron chi connectivity index (χ1n) is 7.06. The first kappa shape index (κ1) is 22.2. The molecule has 0 aliphatic carbocycles. The molecule has 1 aromatic carbocycles. The number of carbonyl (C=O) groups is 2. The molecular formula is C15H23BrClN3O2S. The van der Waals surface area contributed by atoms with Crippen molar-refractivity contribution in [1.29, 1.82) is 0 Å². The molecule has 0 radical (unpaired) electrons. The Balaban J connectivity index is 0.00000484. The number of thioether (sulfide) groups is 1. The third kappa shape index (κ3) is 8.06. The van der Waals surface area contributed by atoms with Gasteiger partial charge in [-0.25, -0.2) is 0 Å². The second-order valence-electron chi connectivity index (χ2n) is 4.68. The summed E-state index contributed by atoms with van der Waals surface area (Å²) in [5.41, 5.74) is 0.527. The highest BCUT2D eigenvalue weighted by molar-refractivity contribution is 9.10. The van der Waals surface area contributed by atoms with E-state index in [0.717, 1.165) is 5.75 Å². The topological polar surface area (TPSA) is 70.2 Å². The lowest BCUT2D eigenvalue weighted by atomic mass is 10.1. The predicted molar refractivity (Wildman–Crippen MR) is 103 cm³/mol. The summed E-state index contributed by atoms with van der Waals surface area (Å²) in [5.74, 6) is 0.410. The molecule has 3 N–H and O–H groups in total. The Labute approximate surface area is 156 Å². The van der Waals surface area contributed by atoms with Crippen molar-refractivity contribution in [2.24, 2.45) is 0 Å². The van der Waals surface area contributed by atoms with Gasteiger partial charge in [0.2, 0.25) is 5.91 Å². The molecule has 1 unspecified atom stereocenters. The Bertz CT molecular complexity index is 505. The van der Waals surface area contributed by atoms with E-state index in [1.165, 1.54) is 0 Å². The minimum absolute atomic E-state index is 0. The van der Waals surface area contributed by atoms with E-state index >= 15 is 0 Å². The zero-order valence-corrected chi connectivity index (χ0v) is 16.4. The molecule has 0 aliphatic heterocycles. The third-order valence-electron chi connectivity index (χ3n) is 3.03. The molecule has 0 heterocycles. The molecule has 0 saturated heterocycles. The van der Waals surface area contributed by atoms with Crippen LogP contribution in [0, 0.1) is 0 Å². The molecule has 1 rings (SSSR count). The molecule has 130 valence electrons. The van der Waals surface area contributed by atoms with Gasteiger partial charge in [-0.05, 0) is 53.5 Å². The van der Waals surface area contributed by atoms with Crippen LogP contribution in [0.5, 0.6) is 0 Å². The monoisotopic (exact) mass is 423 g/mol. The molecular weight excluding hydrogens is 402 g/mol. The number of benzene rings is 1. The molecule has 1 atom stereocenters. The Morgan fingerprint density at radius 3 is 2.57 bits per heavy atom. The summed E-state index contributed by atoms with van der Waals surface area (Å²) >= 11 is 5.00. The van der Waals surface area contributed by atoms with Gasteiger partial charge in [0.1, 0.15) is 6.04 Å². The van der Waals surface area contributed by atoms with Crippen LogP contribution >= 0.6 is 40.1 Å². The molecule has 0 bridgehead atoms. The van der Waals surface area contributed by atoms with E-state index in [4.69, 9.17) is 0 Å². The van der Waals surface area contributed by atoms with E-state index in [9.17, 15) is 9.59 Å². The summed E-state index contributed by atoms with van der Waals surface area (Å²) in [6, 6.07) is 6.65. The summed E-state index contributed by atoms with van der Waals surface area (Å²) in [7, 11) is 1.83. The maximum Gasteiger partial charge on any atom is 0.253 e. The van der Waals surface area contributed by atoms with Crippen LogP contribution in [0.4, 0.5) is 0 Å². The lowest BCUT2D eigenvalue weighted by Gasteiger charge is -2.18. The van der Waals surface area contributed by atoms with Gasteiger partial charge in [-0.1, -0.05) is 12.1 Å². The van der Waals surface area contributed by atoms with E-state index in [1.807, 2.05) is 19.4 Å². The number of likely N-dealkylation sites (N-methyl/N-ethyl adjacent to an activating group) is 1. The van der Waals surface area contributed by atoms with Gasteiger partial charge in [-0.2, -0.15) is 11.8 Å². The number of halogens is 2. The summed E-state index contributed by atoms with van der Waals surface area (Å²) in [6.45, 7) is 1.23. The van der Waals surface area contributed by atoms with Gasteiger partial charge in [-0.3, -0.25) is 9.59 Å². The average Bonchev–Trinajstić information content (AvgIpc) is 2.51. The van der Waals surface area contributed by atoms with Crippen molar-refractivity contribution in [2.45, 2.75) is 12.5 Å². The molecule has 0 fully saturated rings. The van der Waals surface area contributed by atoms with Gasteiger partial charge in [0, 0.05) is 17.6 Å². The molecule has 5 nitrogen and oxygen atoms in total. The molecule has 0 spiro atoms. The van der Waals surface area contributed by atoms with Gasteiger partial charge >= 0.3 is 0 Å². The van der Waals surface area contributed by atoms with Gasteiger partial charge in [0.15, 0.2) is 0 Å². The van der Waals surface area contributed by atoms with Crippen LogP contribution in [0.3, 0.4) is 0 Å². The number of hydrogen-bond donors (Lipinski definition) is 3. The number of hydrogen-bond acceptors (Lipinski definition) is 4. The van der Waals surface area contributed by atoms with E-state index in [0.29, 0.717) is 29.5 Å². The third-order valence-corrected chi connectivity index (χ3v) is 4.36. The minimum Gasteiger partial charge on any atom is -0.353 e. The SMILES string of the molecule is CNCCNC(=O)C(CCSC)NC(=O)c1ccccc1Br.Cl. The highest BCUT2D eigenvalue weighted by atomic mass is 79.9. The van der Waals surface area contributed by atoms with E-state index in [-0.39, 0.29) is 24.2 Å². The first-order chi connectivity index (χ1) is 10.6. The fraction of sp³-hybridized carbons (Fsp3) is 0.467. The van der Waals surface area contributed by atoms with Crippen molar-refractivity contribution < 1.29 is 9.59 Å². The Kier molecular flexibility index (Phi) is 12.2. The first-order valence-corrected chi connectivity index (χ1v) is 9.25. The molecule has 8 heteroatoms. The number of carbonyl (C=O) groups excluding carboxylic acids is 2. The van der Waals surface area contributed by atoms with E-state index < -0.39 is 6.04 Å². The van der Waals surface area contributed by atoms with E-state index in [1.54, 1.807) is 30.0 Å². The molecule has 0 aromatic heterocycles. The number of rotatable bonds is 9. The lowest BCUT2D eigenvalue weighted by Crippen LogP contribution is -2.48. The van der Waals surface area contributed by atoms with Crippen LogP contribution < -0.4 is 16.0 Å². The number of amides is 2. The normalized spacial score (nSPS) is 11.3. The molecule has 1 aromatic rings. The highest BCUT2D eigenvalue weighted by Crippen LogP contribution is 2.16. The maximum absolute atomic E-state index is 12.3. The second-order valence-corrected chi connectivity index (χ2v) is 6.52. The van der Waals surface area contributed by atoms with Crippen molar-refractivity contribution in [3.05, 3.63) is 34.3 Å². The van der Waals surface area contributed by atoms with Crippen molar-refractivity contribution in [1.82, 2.24) is 16.0 Å². The van der Waals surface area contributed by atoms with Gasteiger partial charge in [0.25, 0.3) is 5.91 Å². The van der Waals surface area contributed by atoms with Crippen molar-refractivity contribution in [3.8, 4) is 0 Å². The van der Waals surface area contributed by atoms with Crippen LogP contribution in [-0.4, -0.2) is 50.0 Å². The summed E-state index contributed by atoms with van der Waals surface area (Å²) in [4.78, 5) is 24.5. The summed E-state index contributed by atoms with van der Waals surface area (Å²) in [5, 5.41) is 8.61. The standard InChI is InChI=1S/C15H22BrN3O2S.ClH/c1-17-8-9-18-15(21)13(7-10-22-2)19-14(20)11-5-3-4-6-12(11)16;/h3-6,13,17H,7-10H2,1-2H3,(H,18,21)(H,19,20);1H. The zero-order valence-electron chi connectivity index (χ0n) is 13.2. The van der Waals surface area contributed by atoms with Crippen LogP contribution in [0.1, 0.15) is 16.8 Å². The van der Waals surface area contributed by atoms with Gasteiger partial charge in [0.05, 0.1) is 5.56 Å². The Hall–Kier alpha value is -0.760. The minimum atomic E-state index is -0.524. The highest BCUT2D eigenvalue weighted by Gasteiger charge is 2.21. The quantitative estimate of drug-likeness (QED) is 0.531. The van der Waals surface area contributed by atoms with Crippen LogP contribution in [-0.2, 0) is 4.79 Å². The second kappa shape index (κ2) is 12.6. The molecule has 0 aliphatic rings.